The maximum atomic E-state index is 14.5. The number of nitrogens with zero attached hydrogens (tertiary/aromatic N) is 1. The van der Waals surface area contributed by atoms with Gasteiger partial charge in [-0.1, -0.05) is 12.1 Å². The fourth-order valence-corrected chi connectivity index (χ4v) is 5.80. The maximum absolute atomic E-state index is 14.5. The first-order valence-corrected chi connectivity index (χ1v) is 8.36. The van der Waals surface area contributed by atoms with Crippen molar-refractivity contribution >= 4 is 0 Å². The number of aryl methyl sites for hydroxylation is 1. The number of ether oxygens (including phenoxy) is 1. The Hall–Kier alpha value is -1.13. The molecule has 0 radical (unpaired) electrons. The summed E-state index contributed by atoms with van der Waals surface area (Å²) in [7, 11) is 2.15. The predicted octanol–water partition coefficient (Wildman–Crippen LogP) is 1.97. The van der Waals surface area contributed by atoms with Crippen LogP contribution in [0.1, 0.15) is 29.5 Å². The molecule has 1 saturated carbocycles. The summed E-state index contributed by atoms with van der Waals surface area (Å²) in [5.41, 5.74) is 3.59. The van der Waals surface area contributed by atoms with Crippen molar-refractivity contribution < 1.29 is 14.2 Å². The van der Waals surface area contributed by atoms with Crippen molar-refractivity contribution in [1.82, 2.24) is 4.90 Å². The van der Waals surface area contributed by atoms with Crippen molar-refractivity contribution in [1.29, 1.82) is 0 Å². The van der Waals surface area contributed by atoms with Gasteiger partial charge in [-0.25, -0.2) is 4.39 Å². The van der Waals surface area contributed by atoms with E-state index < -0.39 is 18.4 Å². The van der Waals surface area contributed by atoms with Crippen LogP contribution in [-0.2, 0) is 11.8 Å². The van der Waals surface area contributed by atoms with Gasteiger partial charge >= 0.3 is 0 Å². The fourth-order valence-electron chi connectivity index (χ4n) is 5.80. The van der Waals surface area contributed by atoms with E-state index in [1.165, 1.54) is 11.1 Å². The smallest absolute Gasteiger partial charge is 0.137 e. The maximum Gasteiger partial charge on any atom is 0.137 e. The summed E-state index contributed by atoms with van der Waals surface area (Å²) in [5, 5.41) is 10.5. The topological polar surface area (TPSA) is 32.7 Å². The third kappa shape index (κ3) is 1.31. The summed E-state index contributed by atoms with van der Waals surface area (Å²) < 4.78 is 20.7. The molecule has 2 aliphatic carbocycles. The van der Waals surface area contributed by atoms with Crippen molar-refractivity contribution in [3.8, 4) is 5.75 Å². The number of benzene rings is 1. The van der Waals surface area contributed by atoms with Crippen LogP contribution in [0.3, 0.4) is 0 Å². The first-order chi connectivity index (χ1) is 10.5. The fraction of sp³-hybridized carbons (Fsp3) is 0.667. The van der Waals surface area contributed by atoms with Crippen molar-refractivity contribution in [3.05, 3.63) is 28.8 Å². The molecule has 1 aromatic rings. The van der Waals surface area contributed by atoms with Gasteiger partial charge in [0.1, 0.15) is 24.1 Å². The molecule has 22 heavy (non-hydrogen) atoms. The molecule has 1 unspecified atom stereocenters. The number of halogens is 1. The molecular formula is C18H22FNO2. The third-order valence-corrected chi connectivity index (χ3v) is 6.82. The molecule has 1 spiro atoms. The van der Waals surface area contributed by atoms with Crippen LogP contribution >= 0.6 is 0 Å². The molecule has 118 valence electrons. The van der Waals surface area contributed by atoms with Crippen LogP contribution in [0, 0.1) is 12.8 Å². The summed E-state index contributed by atoms with van der Waals surface area (Å²) in [5.74, 6) is 1.19. The Labute approximate surface area is 130 Å². The molecule has 4 heteroatoms. The van der Waals surface area contributed by atoms with Gasteiger partial charge in [-0.15, -0.1) is 0 Å². The first kappa shape index (κ1) is 13.3. The summed E-state index contributed by atoms with van der Waals surface area (Å²) >= 11 is 0. The van der Waals surface area contributed by atoms with Gasteiger partial charge in [0, 0.05) is 17.0 Å². The van der Waals surface area contributed by atoms with Gasteiger partial charge in [0.15, 0.2) is 0 Å². The molecule has 2 aliphatic heterocycles. The highest BCUT2D eigenvalue weighted by Crippen LogP contribution is 2.62. The van der Waals surface area contributed by atoms with E-state index in [1.807, 2.05) is 0 Å². The van der Waals surface area contributed by atoms with E-state index in [1.54, 1.807) is 0 Å². The number of piperidine rings is 1. The molecule has 1 aromatic carbocycles. The standard InChI is InChI=1S/C18H22FNO2/c1-9-3-4-10-7-13-11-8-12(19)15(21)17-18(11,5-6-20(13)2)14(10)16(9)22-17/h3-4,11-13,15,17,21H,5-8H2,1-2H3/t11-,12+,13-,15?,17-,18-/m0/s1. The van der Waals surface area contributed by atoms with E-state index in [2.05, 4.69) is 31.0 Å². The van der Waals surface area contributed by atoms with Crippen LogP contribution in [0.25, 0.3) is 0 Å². The summed E-state index contributed by atoms with van der Waals surface area (Å²) in [6, 6.07) is 4.70. The number of likely N-dealkylation sites (tertiary alicyclic amines) is 1. The number of alkyl halides is 1. The molecule has 1 saturated heterocycles. The number of hydrogen-bond donors (Lipinski definition) is 1. The van der Waals surface area contributed by atoms with Crippen molar-refractivity contribution in [2.75, 3.05) is 13.6 Å². The number of aliphatic hydroxyl groups is 1. The van der Waals surface area contributed by atoms with E-state index in [0.717, 1.165) is 30.7 Å². The number of rotatable bonds is 0. The number of likely N-dealkylation sites (N-methyl/N-ethyl adjacent to an activating group) is 1. The van der Waals surface area contributed by atoms with Gasteiger partial charge in [-0.3, -0.25) is 0 Å². The molecular weight excluding hydrogens is 281 g/mol. The van der Waals surface area contributed by atoms with Gasteiger partial charge in [0.05, 0.1) is 0 Å². The molecule has 2 heterocycles. The Kier molecular flexibility index (Phi) is 2.44. The van der Waals surface area contributed by atoms with E-state index in [4.69, 9.17) is 4.74 Å². The van der Waals surface area contributed by atoms with Gasteiger partial charge in [-0.2, -0.15) is 0 Å². The van der Waals surface area contributed by atoms with E-state index >= 15 is 0 Å². The second-order valence-corrected chi connectivity index (χ2v) is 7.68. The van der Waals surface area contributed by atoms with Crippen LogP contribution < -0.4 is 4.74 Å². The van der Waals surface area contributed by atoms with Crippen molar-refractivity contribution in [3.63, 3.8) is 0 Å². The van der Waals surface area contributed by atoms with Gasteiger partial charge in [0.25, 0.3) is 0 Å². The highest BCUT2D eigenvalue weighted by Gasteiger charge is 2.67. The average Bonchev–Trinajstić information content (AvgIpc) is 2.84. The minimum absolute atomic E-state index is 0.173. The molecule has 2 fully saturated rings. The van der Waals surface area contributed by atoms with Crippen molar-refractivity contribution in [2.45, 2.75) is 56.0 Å². The molecule has 6 atom stereocenters. The SMILES string of the molecule is Cc1ccc2c3c1O[C@H]1C(O)[C@H](F)C[C@H]4[C@H](C2)N(C)CC[C@]314. The molecule has 0 aromatic heterocycles. The minimum atomic E-state index is -1.17. The minimum Gasteiger partial charge on any atom is -0.486 e. The quantitative estimate of drug-likeness (QED) is 0.795. The lowest BCUT2D eigenvalue weighted by Crippen LogP contribution is -2.68. The Morgan fingerprint density at radius 3 is 3.05 bits per heavy atom. The number of aliphatic hydroxyl groups excluding tert-OH is 1. The highest BCUT2D eigenvalue weighted by atomic mass is 19.1. The van der Waals surface area contributed by atoms with Crippen molar-refractivity contribution in [2.24, 2.45) is 5.92 Å². The lowest BCUT2D eigenvalue weighted by Gasteiger charge is -2.58. The Morgan fingerprint density at radius 2 is 2.23 bits per heavy atom. The van der Waals surface area contributed by atoms with Crippen LogP contribution in [-0.4, -0.2) is 48.0 Å². The zero-order chi connectivity index (χ0) is 15.2. The normalized spacial score (nSPS) is 45.4. The molecule has 1 N–H and O–H groups in total. The predicted molar refractivity (Wildman–Crippen MR) is 81.0 cm³/mol. The second-order valence-electron chi connectivity index (χ2n) is 7.68. The van der Waals surface area contributed by atoms with Gasteiger partial charge in [0.2, 0.25) is 0 Å². The zero-order valence-corrected chi connectivity index (χ0v) is 13.1. The van der Waals surface area contributed by atoms with Crippen LogP contribution in [0.2, 0.25) is 0 Å². The Morgan fingerprint density at radius 1 is 1.41 bits per heavy atom. The Balaban J connectivity index is 1.80. The first-order valence-electron chi connectivity index (χ1n) is 8.36. The summed E-state index contributed by atoms with van der Waals surface area (Å²) in [4.78, 5) is 2.39. The number of hydrogen-bond acceptors (Lipinski definition) is 3. The molecule has 3 nitrogen and oxygen atoms in total. The molecule has 5 rings (SSSR count). The average molecular weight is 303 g/mol. The lowest BCUT2D eigenvalue weighted by atomic mass is 9.51. The van der Waals surface area contributed by atoms with E-state index in [0.29, 0.717) is 12.5 Å². The van der Waals surface area contributed by atoms with Gasteiger partial charge in [-0.05, 0) is 56.8 Å². The largest absolute Gasteiger partial charge is 0.486 e. The Bertz CT molecular complexity index is 663. The zero-order valence-electron chi connectivity index (χ0n) is 13.1. The lowest BCUT2D eigenvalue weighted by molar-refractivity contribution is -0.131. The summed E-state index contributed by atoms with van der Waals surface area (Å²) in [6.45, 7) is 3.05. The van der Waals surface area contributed by atoms with Crippen LogP contribution in [0.4, 0.5) is 4.39 Å². The summed E-state index contributed by atoms with van der Waals surface area (Å²) in [6.07, 6.45) is -0.186. The third-order valence-electron chi connectivity index (χ3n) is 6.82. The highest BCUT2D eigenvalue weighted by molar-refractivity contribution is 5.58. The van der Waals surface area contributed by atoms with Gasteiger partial charge < -0.3 is 14.7 Å². The van der Waals surface area contributed by atoms with E-state index in [-0.39, 0.29) is 11.3 Å². The second kappa shape index (κ2) is 4.04. The molecule has 0 amide bonds. The van der Waals surface area contributed by atoms with E-state index in [9.17, 15) is 9.50 Å². The van der Waals surface area contributed by atoms with Crippen LogP contribution in [0.15, 0.2) is 12.1 Å². The van der Waals surface area contributed by atoms with Crippen LogP contribution in [0.5, 0.6) is 5.75 Å². The molecule has 4 aliphatic rings. The monoisotopic (exact) mass is 303 g/mol. The molecule has 2 bridgehead atoms.